The number of hydrogen-bond donors (Lipinski definition) is 4. The summed E-state index contributed by atoms with van der Waals surface area (Å²) in [4.78, 5) is 10.3. The Bertz CT molecular complexity index is 729. The second-order valence-electron chi connectivity index (χ2n) is 5.44. The maximum absolute atomic E-state index is 10.8. The first-order valence-corrected chi connectivity index (χ1v) is 6.99. The van der Waals surface area contributed by atoms with Crippen LogP contribution in [0.15, 0.2) is 30.5 Å². The number of nitrogens with zero attached hydrogens (tertiary/aromatic N) is 2. The average molecular weight is 324 g/mol. The minimum absolute atomic E-state index is 0.0657. The van der Waals surface area contributed by atoms with Crippen LogP contribution in [0.2, 0.25) is 0 Å². The third-order valence-corrected chi connectivity index (χ3v) is 4.06. The number of nitro groups is 1. The van der Waals surface area contributed by atoms with Crippen LogP contribution in [-0.2, 0) is 4.74 Å². The number of hydrogen-bond acceptors (Lipinski definition) is 7. The molecule has 0 unspecified atom stereocenters. The van der Waals surface area contributed by atoms with E-state index < -0.39 is 42.2 Å². The van der Waals surface area contributed by atoms with Gasteiger partial charge in [-0.2, -0.15) is 0 Å². The lowest BCUT2D eigenvalue weighted by Gasteiger charge is -2.40. The highest BCUT2D eigenvalue weighted by atomic mass is 16.6. The fourth-order valence-corrected chi connectivity index (χ4v) is 2.80. The van der Waals surface area contributed by atoms with Crippen molar-refractivity contribution in [3.63, 3.8) is 0 Å². The fourth-order valence-electron chi connectivity index (χ4n) is 2.80. The van der Waals surface area contributed by atoms with Crippen molar-refractivity contribution in [2.75, 3.05) is 6.61 Å². The van der Waals surface area contributed by atoms with E-state index in [4.69, 9.17) is 4.74 Å². The molecule has 0 radical (unpaired) electrons. The van der Waals surface area contributed by atoms with Gasteiger partial charge in [0.1, 0.15) is 24.4 Å². The molecule has 0 spiro atoms. The van der Waals surface area contributed by atoms with Gasteiger partial charge in [0.05, 0.1) is 17.0 Å². The molecule has 1 aromatic heterocycles. The minimum atomic E-state index is -1.48. The summed E-state index contributed by atoms with van der Waals surface area (Å²) in [6, 6.07) is 5.83. The van der Waals surface area contributed by atoms with Crippen LogP contribution >= 0.6 is 0 Å². The molecule has 0 aliphatic carbocycles. The summed E-state index contributed by atoms with van der Waals surface area (Å²) >= 11 is 0. The molecular formula is C14H16N2O7. The predicted molar refractivity (Wildman–Crippen MR) is 77.6 cm³/mol. The molecule has 2 heterocycles. The highest BCUT2D eigenvalue weighted by Crippen LogP contribution is 2.32. The molecule has 1 saturated heterocycles. The van der Waals surface area contributed by atoms with E-state index in [1.807, 2.05) is 0 Å². The van der Waals surface area contributed by atoms with Crippen LogP contribution in [-0.4, -0.2) is 60.9 Å². The van der Waals surface area contributed by atoms with Gasteiger partial charge in [0.15, 0.2) is 6.23 Å². The Morgan fingerprint density at radius 3 is 2.57 bits per heavy atom. The van der Waals surface area contributed by atoms with Gasteiger partial charge in [-0.3, -0.25) is 10.1 Å². The van der Waals surface area contributed by atoms with E-state index >= 15 is 0 Å². The van der Waals surface area contributed by atoms with Crippen molar-refractivity contribution in [2.45, 2.75) is 30.6 Å². The van der Waals surface area contributed by atoms with Crippen molar-refractivity contribution in [3.05, 3.63) is 40.6 Å². The van der Waals surface area contributed by atoms with Crippen LogP contribution in [0, 0.1) is 10.1 Å². The maximum atomic E-state index is 10.8. The molecule has 1 aliphatic heterocycles. The van der Waals surface area contributed by atoms with Gasteiger partial charge < -0.3 is 29.7 Å². The summed E-state index contributed by atoms with van der Waals surface area (Å²) in [6.07, 6.45) is -4.84. The van der Waals surface area contributed by atoms with E-state index in [0.29, 0.717) is 10.9 Å². The van der Waals surface area contributed by atoms with E-state index in [-0.39, 0.29) is 5.69 Å². The quantitative estimate of drug-likeness (QED) is 0.442. The number of aromatic nitrogens is 1. The van der Waals surface area contributed by atoms with E-state index in [0.717, 1.165) is 0 Å². The molecule has 0 amide bonds. The van der Waals surface area contributed by atoms with Gasteiger partial charge in [0, 0.05) is 23.7 Å². The first-order chi connectivity index (χ1) is 10.9. The van der Waals surface area contributed by atoms with Crippen molar-refractivity contribution < 1.29 is 30.1 Å². The molecule has 0 saturated carbocycles. The molecule has 1 aliphatic rings. The number of ether oxygens (including phenoxy) is 1. The van der Waals surface area contributed by atoms with Crippen molar-refractivity contribution in [3.8, 4) is 0 Å². The minimum Gasteiger partial charge on any atom is -0.394 e. The maximum Gasteiger partial charge on any atom is 0.270 e. The van der Waals surface area contributed by atoms with E-state index in [1.54, 1.807) is 12.3 Å². The van der Waals surface area contributed by atoms with E-state index in [9.17, 15) is 30.5 Å². The number of fused-ring (bicyclic) bond motifs is 1. The van der Waals surface area contributed by atoms with Crippen LogP contribution in [0.25, 0.3) is 10.9 Å². The van der Waals surface area contributed by atoms with E-state index in [1.165, 1.54) is 22.8 Å². The number of non-ortho nitro benzene ring substituents is 1. The lowest BCUT2D eigenvalue weighted by Crippen LogP contribution is -2.56. The second-order valence-corrected chi connectivity index (χ2v) is 5.44. The molecule has 4 N–H and O–H groups in total. The number of rotatable bonds is 3. The first-order valence-electron chi connectivity index (χ1n) is 6.99. The Morgan fingerprint density at radius 2 is 1.91 bits per heavy atom. The predicted octanol–water partition coefficient (Wildman–Crippen LogP) is -0.478. The molecule has 124 valence electrons. The van der Waals surface area contributed by atoms with Crippen LogP contribution in [0.5, 0.6) is 0 Å². The van der Waals surface area contributed by atoms with Crippen LogP contribution in [0.4, 0.5) is 5.69 Å². The van der Waals surface area contributed by atoms with Crippen molar-refractivity contribution in [1.29, 1.82) is 0 Å². The van der Waals surface area contributed by atoms with Gasteiger partial charge in [-0.05, 0) is 12.1 Å². The Labute approximate surface area is 130 Å². The Balaban J connectivity index is 2.00. The smallest absolute Gasteiger partial charge is 0.270 e. The summed E-state index contributed by atoms with van der Waals surface area (Å²) in [7, 11) is 0. The lowest BCUT2D eigenvalue weighted by molar-refractivity contribution is -0.384. The molecule has 1 fully saturated rings. The molecular weight excluding hydrogens is 308 g/mol. The monoisotopic (exact) mass is 324 g/mol. The zero-order chi connectivity index (χ0) is 16.7. The molecule has 3 rings (SSSR count). The molecule has 2 aromatic rings. The second kappa shape index (κ2) is 5.87. The number of nitro benzene ring substituents is 1. The van der Waals surface area contributed by atoms with Crippen LogP contribution in [0.3, 0.4) is 0 Å². The first kappa shape index (κ1) is 15.8. The summed E-state index contributed by atoms with van der Waals surface area (Å²) in [5.41, 5.74) is 0.490. The van der Waals surface area contributed by atoms with Gasteiger partial charge in [0.25, 0.3) is 5.69 Å². The van der Waals surface area contributed by atoms with Gasteiger partial charge in [0.2, 0.25) is 0 Å². The SMILES string of the molecule is O=[N+]([O-])c1ccc2c(ccn2[C@@H]2O[C@H](CO)[C@@H](O)[C@H](O)[C@H]2O)c1. The molecule has 9 heteroatoms. The van der Waals surface area contributed by atoms with Crippen molar-refractivity contribution in [2.24, 2.45) is 0 Å². The normalized spacial score (nSPS) is 31.4. The third kappa shape index (κ3) is 2.58. The van der Waals surface area contributed by atoms with Crippen molar-refractivity contribution in [1.82, 2.24) is 4.57 Å². The number of aliphatic hydroxyl groups is 4. The lowest BCUT2D eigenvalue weighted by atomic mass is 9.98. The summed E-state index contributed by atoms with van der Waals surface area (Å²) < 4.78 is 6.98. The van der Waals surface area contributed by atoms with Gasteiger partial charge in [-0.1, -0.05) is 0 Å². The molecule has 23 heavy (non-hydrogen) atoms. The highest BCUT2D eigenvalue weighted by molar-refractivity contribution is 5.82. The summed E-state index contributed by atoms with van der Waals surface area (Å²) in [6.45, 7) is -0.522. The van der Waals surface area contributed by atoms with Crippen LogP contribution in [0.1, 0.15) is 6.23 Å². The molecule has 9 nitrogen and oxygen atoms in total. The average Bonchev–Trinajstić information content (AvgIpc) is 2.96. The number of benzene rings is 1. The topological polar surface area (TPSA) is 138 Å². The number of aliphatic hydroxyl groups excluding tert-OH is 4. The zero-order valence-corrected chi connectivity index (χ0v) is 11.9. The molecule has 5 atom stereocenters. The van der Waals surface area contributed by atoms with E-state index in [2.05, 4.69) is 0 Å². The summed E-state index contributed by atoms with van der Waals surface area (Å²) in [5.74, 6) is 0. The molecule has 0 bridgehead atoms. The van der Waals surface area contributed by atoms with Crippen molar-refractivity contribution >= 4 is 16.6 Å². The fraction of sp³-hybridized carbons (Fsp3) is 0.429. The molecule has 1 aromatic carbocycles. The standard InChI is InChI=1S/C14H16N2O7/c17-6-10-11(18)12(19)13(20)14(23-10)15-4-3-7-5-8(16(21)22)1-2-9(7)15/h1-5,10-14,17-20H,6H2/t10-,11-,12+,13-,14-/m1/s1. The largest absolute Gasteiger partial charge is 0.394 e. The van der Waals surface area contributed by atoms with Gasteiger partial charge in [-0.15, -0.1) is 0 Å². The highest BCUT2D eigenvalue weighted by Gasteiger charge is 2.44. The Morgan fingerprint density at radius 1 is 1.17 bits per heavy atom. The van der Waals surface area contributed by atoms with Gasteiger partial charge in [-0.25, -0.2) is 0 Å². The summed E-state index contributed by atoms with van der Waals surface area (Å²) in [5, 5.41) is 50.4. The zero-order valence-electron chi connectivity index (χ0n) is 11.9. The third-order valence-electron chi connectivity index (χ3n) is 4.06. The Kier molecular flexibility index (Phi) is 4.04. The van der Waals surface area contributed by atoms with Gasteiger partial charge >= 0.3 is 0 Å². The van der Waals surface area contributed by atoms with Crippen LogP contribution < -0.4 is 0 Å². The Hall–Kier alpha value is -2.04.